The number of hydrogen-bond acceptors (Lipinski definition) is 5. The van der Waals surface area contributed by atoms with Gasteiger partial charge < -0.3 is 24.3 Å². The summed E-state index contributed by atoms with van der Waals surface area (Å²) in [4.78, 5) is 2.26. The van der Waals surface area contributed by atoms with E-state index in [9.17, 15) is 10.2 Å². The molecular formula is C49H83LaN2O4Si2. The van der Waals surface area contributed by atoms with Gasteiger partial charge in [0.1, 0.15) is 0 Å². The monoisotopic (exact) mass is 958 g/mol. The van der Waals surface area contributed by atoms with Crippen molar-refractivity contribution in [3.8, 4) is 11.5 Å². The molecule has 0 radical (unpaired) electrons. The molecule has 0 N–H and O–H groups in total. The molecule has 0 atom stereocenters. The zero-order valence-electron chi connectivity index (χ0n) is 40.3. The van der Waals surface area contributed by atoms with Crippen LogP contribution in [0.3, 0.4) is 0 Å². The quantitative estimate of drug-likeness (QED) is 0.189. The molecule has 0 spiro atoms. The van der Waals surface area contributed by atoms with Gasteiger partial charge in [0, 0.05) is 46.1 Å². The molecule has 0 amide bonds. The molecule has 3 aromatic carbocycles. The van der Waals surface area contributed by atoms with E-state index in [1.165, 1.54) is 24.0 Å². The van der Waals surface area contributed by atoms with Crippen molar-refractivity contribution in [2.45, 2.75) is 177 Å². The van der Waals surface area contributed by atoms with Gasteiger partial charge in [0.05, 0.1) is 0 Å². The van der Waals surface area contributed by atoms with Crippen LogP contribution < -0.4 is 10.2 Å². The molecule has 0 unspecified atom stereocenters. The molecule has 0 bridgehead atoms. The Morgan fingerprint density at radius 3 is 1.22 bits per heavy atom. The van der Waals surface area contributed by atoms with Gasteiger partial charge in [0.25, 0.3) is 0 Å². The molecule has 9 heteroatoms. The summed E-state index contributed by atoms with van der Waals surface area (Å²) in [6, 6.07) is 18.7. The molecule has 6 nitrogen and oxygen atoms in total. The first-order valence-electron chi connectivity index (χ1n) is 21.5. The minimum atomic E-state index is -0.542. The molecule has 4 rings (SSSR count). The average Bonchev–Trinajstić information content (AvgIpc) is 3.66. The van der Waals surface area contributed by atoms with Crippen LogP contribution in [0.4, 0.5) is 0 Å². The number of ether oxygens (including phenoxy) is 2. The minimum Gasteiger partial charge on any atom is -0.872 e. The summed E-state index contributed by atoms with van der Waals surface area (Å²) in [7, 11) is -1.08. The van der Waals surface area contributed by atoms with Crippen LogP contribution in [-0.2, 0) is 50.8 Å². The number of rotatable bonds is 10. The fourth-order valence-electron chi connectivity index (χ4n) is 6.39. The Kier molecular flexibility index (Phi) is 25.7. The van der Waals surface area contributed by atoms with Crippen molar-refractivity contribution in [3.63, 3.8) is 0 Å². The van der Waals surface area contributed by atoms with Crippen LogP contribution in [0.15, 0.2) is 54.6 Å². The SMILES string of the molecule is C1CCOC1.CC(C)(C)c1cc(CN(Cc2ccccc2)Cc2cc(C(C)(C)C)cc(C(C)(C)C)c2[O-])c([O-])c(C(C)(C)C)c1.CCOCC.C[SiH](C)[N-][SiH](C)C.[La+3]. The third kappa shape index (κ3) is 21.5. The van der Waals surface area contributed by atoms with E-state index in [2.05, 4.69) is 155 Å². The summed E-state index contributed by atoms with van der Waals surface area (Å²) in [5, 5.41) is 27.8. The van der Waals surface area contributed by atoms with Crippen molar-refractivity contribution < 1.29 is 55.3 Å². The van der Waals surface area contributed by atoms with Crippen molar-refractivity contribution in [2.75, 3.05) is 26.4 Å². The third-order valence-corrected chi connectivity index (χ3v) is 14.3. The Hall–Kier alpha value is -1.27. The molecule has 1 saturated heterocycles. The molecular weight excluding hydrogens is 876 g/mol. The van der Waals surface area contributed by atoms with E-state index in [1.54, 1.807) is 0 Å². The molecule has 0 aliphatic carbocycles. The molecule has 1 aliphatic heterocycles. The van der Waals surface area contributed by atoms with Crippen molar-refractivity contribution in [1.82, 2.24) is 4.90 Å². The summed E-state index contributed by atoms with van der Waals surface area (Å²) < 4.78 is 14.3. The smallest absolute Gasteiger partial charge is 0.872 e. The van der Waals surface area contributed by atoms with Crippen LogP contribution in [0.5, 0.6) is 11.5 Å². The maximum Gasteiger partial charge on any atom is 3.00 e. The summed E-state index contributed by atoms with van der Waals surface area (Å²) in [6.07, 6.45) is 2.56. The Bertz CT molecular complexity index is 1480. The maximum atomic E-state index is 13.9. The summed E-state index contributed by atoms with van der Waals surface area (Å²) in [5.41, 5.74) is 6.09. The van der Waals surface area contributed by atoms with Gasteiger partial charge in [-0.25, -0.2) is 0 Å². The first kappa shape index (κ1) is 56.7. The van der Waals surface area contributed by atoms with E-state index in [1.807, 2.05) is 32.0 Å². The molecule has 0 aromatic heterocycles. The van der Waals surface area contributed by atoms with Crippen LogP contribution in [-0.4, -0.2) is 49.2 Å². The first-order chi connectivity index (χ1) is 26.2. The zero-order chi connectivity index (χ0) is 43.8. The molecule has 58 heavy (non-hydrogen) atoms. The molecule has 3 aromatic rings. The van der Waals surface area contributed by atoms with Gasteiger partial charge in [-0.15, -0.1) is 11.5 Å². The molecule has 1 fully saturated rings. The predicted molar refractivity (Wildman–Crippen MR) is 249 cm³/mol. The summed E-state index contributed by atoms with van der Waals surface area (Å²) in [6.45, 7) is 44.2. The van der Waals surface area contributed by atoms with E-state index in [0.29, 0.717) is 19.6 Å². The van der Waals surface area contributed by atoms with Gasteiger partial charge in [-0.3, -0.25) is 4.90 Å². The van der Waals surface area contributed by atoms with Gasteiger partial charge in [-0.2, -0.15) is 0 Å². The predicted octanol–water partition coefficient (Wildman–Crippen LogP) is 11.4. The molecule has 0 saturated carbocycles. The van der Waals surface area contributed by atoms with Crippen molar-refractivity contribution >= 4 is 17.9 Å². The fraction of sp³-hybridized carbons (Fsp3) is 0.633. The van der Waals surface area contributed by atoms with Crippen LogP contribution >= 0.6 is 0 Å². The standard InChI is InChI=1S/C37H53NO2.C4H14NSi2.C4H8O.C4H10O.La/c1-34(2,3)28-18-26(32(39)30(20-28)36(7,8)9)23-38(22-25-16-14-13-15-17-25)24-27-19-29(35(4,5)6)21-31(33(27)40)37(10,11)12;1-6(2)5-7(3)4;1-2-4-5-3-1;1-3-5-4-2;/h13-21,39-40H,22-24H2,1-12H3;6-7H,1-4H3;1-4H2;3-4H2,1-2H3;/q;-1;;;+3/p-2. The van der Waals surface area contributed by atoms with Crippen LogP contribution in [0.1, 0.15) is 149 Å². The van der Waals surface area contributed by atoms with Gasteiger partial charge in [-0.05, 0) is 87.3 Å². The van der Waals surface area contributed by atoms with Crippen molar-refractivity contribution in [1.29, 1.82) is 0 Å². The Labute approximate surface area is 388 Å². The van der Waals surface area contributed by atoms with E-state index < -0.39 is 17.9 Å². The van der Waals surface area contributed by atoms with Crippen LogP contribution in [0.25, 0.3) is 4.65 Å². The van der Waals surface area contributed by atoms with E-state index in [-0.39, 0.29) is 68.8 Å². The average molecular weight is 959 g/mol. The summed E-state index contributed by atoms with van der Waals surface area (Å²) in [5.74, 6) is 0.222. The number of hydrogen-bond donors (Lipinski definition) is 0. The van der Waals surface area contributed by atoms with Crippen LogP contribution in [0.2, 0.25) is 26.2 Å². The number of benzene rings is 3. The van der Waals surface area contributed by atoms with E-state index in [4.69, 9.17) is 9.47 Å². The molecule has 1 aliphatic rings. The second-order valence-electron chi connectivity index (χ2n) is 20.1. The Balaban J connectivity index is 0.00000149. The van der Waals surface area contributed by atoms with E-state index >= 15 is 0 Å². The van der Waals surface area contributed by atoms with Crippen LogP contribution in [0, 0.1) is 35.6 Å². The van der Waals surface area contributed by atoms with Crippen molar-refractivity contribution in [3.05, 3.63) is 98.2 Å². The fourth-order valence-corrected chi connectivity index (χ4v) is 11.2. The first-order valence-corrected chi connectivity index (χ1v) is 27.2. The minimum absolute atomic E-state index is 0. The molecule has 1 heterocycles. The largest absolute Gasteiger partial charge is 3.00 e. The maximum absolute atomic E-state index is 13.9. The zero-order valence-corrected chi connectivity index (χ0v) is 46.3. The van der Waals surface area contributed by atoms with Gasteiger partial charge in [0.2, 0.25) is 0 Å². The second kappa shape index (κ2) is 26.3. The third-order valence-electron chi connectivity index (χ3n) is 9.55. The van der Waals surface area contributed by atoms with Gasteiger partial charge in [0.15, 0.2) is 0 Å². The normalized spacial score (nSPS) is 13.3. The Morgan fingerprint density at radius 2 is 0.983 bits per heavy atom. The topological polar surface area (TPSA) is 81.9 Å². The summed E-state index contributed by atoms with van der Waals surface area (Å²) >= 11 is 0. The Morgan fingerprint density at radius 1 is 0.603 bits per heavy atom. The van der Waals surface area contributed by atoms with E-state index in [0.717, 1.165) is 54.2 Å². The second-order valence-corrected chi connectivity index (χ2v) is 25.7. The van der Waals surface area contributed by atoms with Gasteiger partial charge in [-0.1, -0.05) is 182 Å². The van der Waals surface area contributed by atoms with Gasteiger partial charge >= 0.3 is 35.6 Å². The molecule has 324 valence electrons. The van der Waals surface area contributed by atoms with Crippen molar-refractivity contribution in [2.24, 2.45) is 0 Å². The number of nitrogens with zero attached hydrogens (tertiary/aromatic N) is 2.